The van der Waals surface area contributed by atoms with Gasteiger partial charge in [0.05, 0.1) is 12.1 Å². The van der Waals surface area contributed by atoms with Gasteiger partial charge in [0.25, 0.3) is 0 Å². The number of benzene rings is 1. The van der Waals surface area contributed by atoms with Gasteiger partial charge >= 0.3 is 0 Å². The number of fused-ring (bicyclic) bond motifs is 1. The summed E-state index contributed by atoms with van der Waals surface area (Å²) in [6.45, 7) is -0.326. The van der Waals surface area contributed by atoms with Gasteiger partial charge in [0.1, 0.15) is 6.10 Å². The van der Waals surface area contributed by atoms with Crippen LogP contribution in [0.1, 0.15) is 11.7 Å². The number of hydrogen-bond acceptors (Lipinski definition) is 3. The van der Waals surface area contributed by atoms with E-state index in [9.17, 15) is 5.11 Å². The summed E-state index contributed by atoms with van der Waals surface area (Å²) in [5.74, 6) is 0. The topological polar surface area (TPSA) is 53.4 Å². The van der Waals surface area contributed by atoms with E-state index in [0.717, 1.165) is 5.39 Å². The van der Waals surface area contributed by atoms with Crippen LogP contribution in [0.4, 0.5) is 0 Å². The third-order valence-electron chi connectivity index (χ3n) is 2.28. The van der Waals surface area contributed by atoms with Crippen LogP contribution in [-0.2, 0) is 0 Å². The zero-order chi connectivity index (χ0) is 10.8. The fourth-order valence-corrected chi connectivity index (χ4v) is 1.74. The number of pyridine rings is 1. The molecule has 15 heavy (non-hydrogen) atoms. The number of aromatic nitrogens is 1. The predicted octanol–water partition coefficient (Wildman–Crippen LogP) is 1.91. The molecule has 2 aromatic rings. The monoisotopic (exact) mass is 223 g/mol. The highest BCUT2D eigenvalue weighted by atomic mass is 35.5. The lowest BCUT2D eigenvalue weighted by molar-refractivity contribution is 0.0966. The maximum Gasteiger partial charge on any atom is 0.104 e. The molecule has 0 aliphatic heterocycles. The summed E-state index contributed by atoms with van der Waals surface area (Å²) < 4.78 is 0. The van der Waals surface area contributed by atoms with Crippen molar-refractivity contribution >= 4 is 22.5 Å². The molecule has 1 aromatic carbocycles. The van der Waals surface area contributed by atoms with E-state index in [0.29, 0.717) is 16.1 Å². The largest absolute Gasteiger partial charge is 0.393 e. The molecular weight excluding hydrogens is 214 g/mol. The van der Waals surface area contributed by atoms with Crippen molar-refractivity contribution in [3.63, 3.8) is 0 Å². The van der Waals surface area contributed by atoms with Crippen molar-refractivity contribution in [3.05, 3.63) is 41.0 Å². The second kappa shape index (κ2) is 4.14. The Bertz CT molecular complexity index is 487. The molecule has 0 spiro atoms. The fourth-order valence-electron chi connectivity index (χ4n) is 1.53. The zero-order valence-electron chi connectivity index (χ0n) is 7.89. The minimum Gasteiger partial charge on any atom is -0.393 e. The van der Waals surface area contributed by atoms with Gasteiger partial charge in [-0.05, 0) is 18.2 Å². The van der Waals surface area contributed by atoms with Crippen LogP contribution in [0.25, 0.3) is 10.9 Å². The van der Waals surface area contributed by atoms with Gasteiger partial charge < -0.3 is 10.2 Å². The van der Waals surface area contributed by atoms with Crippen LogP contribution in [0.5, 0.6) is 0 Å². The van der Waals surface area contributed by atoms with Crippen molar-refractivity contribution in [2.45, 2.75) is 6.10 Å². The number of aliphatic hydroxyl groups is 2. The fraction of sp³-hybridized carbons (Fsp3) is 0.182. The molecule has 1 unspecified atom stereocenters. The number of rotatable bonds is 2. The van der Waals surface area contributed by atoms with E-state index in [2.05, 4.69) is 4.98 Å². The first-order chi connectivity index (χ1) is 7.24. The van der Waals surface area contributed by atoms with Crippen molar-refractivity contribution in [2.75, 3.05) is 6.61 Å². The molecule has 0 radical (unpaired) electrons. The molecule has 0 fully saturated rings. The standard InChI is InChI=1S/C11H10ClNO2/c12-9-4-3-8(10(15)6-14)11-7(9)2-1-5-13-11/h1-5,10,14-15H,6H2. The van der Waals surface area contributed by atoms with Crippen LogP contribution < -0.4 is 0 Å². The molecule has 0 amide bonds. The van der Waals surface area contributed by atoms with E-state index in [-0.39, 0.29) is 6.61 Å². The van der Waals surface area contributed by atoms with E-state index in [1.54, 1.807) is 24.4 Å². The van der Waals surface area contributed by atoms with Crippen molar-refractivity contribution in [1.29, 1.82) is 0 Å². The molecule has 3 nitrogen and oxygen atoms in total. The predicted molar refractivity (Wildman–Crippen MR) is 58.8 cm³/mol. The minimum atomic E-state index is -0.917. The molecule has 2 N–H and O–H groups in total. The first kappa shape index (κ1) is 10.4. The van der Waals surface area contributed by atoms with Crippen LogP contribution in [0, 0.1) is 0 Å². The molecule has 0 bridgehead atoms. The highest BCUT2D eigenvalue weighted by molar-refractivity contribution is 6.35. The Hall–Kier alpha value is -1.16. The van der Waals surface area contributed by atoms with E-state index >= 15 is 0 Å². The van der Waals surface area contributed by atoms with Crippen LogP contribution in [0.15, 0.2) is 30.5 Å². The number of aliphatic hydroxyl groups excluding tert-OH is 2. The number of nitrogens with zero attached hydrogens (tertiary/aromatic N) is 1. The molecule has 0 saturated carbocycles. The lowest BCUT2D eigenvalue weighted by Gasteiger charge is -2.10. The first-order valence-electron chi connectivity index (χ1n) is 4.56. The number of hydrogen-bond donors (Lipinski definition) is 2. The van der Waals surface area contributed by atoms with Gasteiger partial charge in [-0.1, -0.05) is 17.7 Å². The van der Waals surface area contributed by atoms with Crippen LogP contribution in [0.2, 0.25) is 5.02 Å². The summed E-state index contributed by atoms with van der Waals surface area (Å²) in [7, 11) is 0. The second-order valence-corrected chi connectivity index (χ2v) is 3.64. The average molecular weight is 224 g/mol. The third-order valence-corrected chi connectivity index (χ3v) is 2.61. The Balaban J connectivity index is 2.71. The van der Waals surface area contributed by atoms with Crippen LogP contribution in [-0.4, -0.2) is 21.8 Å². The van der Waals surface area contributed by atoms with Gasteiger partial charge in [0.15, 0.2) is 0 Å². The molecule has 1 heterocycles. The normalized spacial score (nSPS) is 13.0. The summed E-state index contributed by atoms with van der Waals surface area (Å²) in [6.07, 6.45) is 0.714. The maximum absolute atomic E-state index is 9.59. The van der Waals surface area contributed by atoms with E-state index < -0.39 is 6.10 Å². The molecule has 78 valence electrons. The third kappa shape index (κ3) is 1.81. The molecule has 4 heteroatoms. The SMILES string of the molecule is OCC(O)c1ccc(Cl)c2cccnc12. The molecule has 1 aromatic heterocycles. The first-order valence-corrected chi connectivity index (χ1v) is 4.94. The summed E-state index contributed by atoms with van der Waals surface area (Å²) in [5, 5.41) is 19.9. The van der Waals surface area contributed by atoms with Crippen molar-refractivity contribution < 1.29 is 10.2 Å². The summed E-state index contributed by atoms with van der Waals surface area (Å²) >= 11 is 5.99. The Morgan fingerprint density at radius 2 is 2.13 bits per heavy atom. The van der Waals surface area contributed by atoms with E-state index in [1.165, 1.54) is 0 Å². The Labute approximate surface area is 92.0 Å². The van der Waals surface area contributed by atoms with Gasteiger partial charge in [-0.2, -0.15) is 0 Å². The molecule has 0 aliphatic carbocycles. The van der Waals surface area contributed by atoms with Gasteiger partial charge in [0.2, 0.25) is 0 Å². The molecular formula is C11H10ClNO2. The molecule has 2 rings (SSSR count). The van der Waals surface area contributed by atoms with Gasteiger partial charge in [-0.15, -0.1) is 0 Å². The summed E-state index contributed by atoms with van der Waals surface area (Å²) in [6, 6.07) is 6.99. The lowest BCUT2D eigenvalue weighted by atomic mass is 10.1. The van der Waals surface area contributed by atoms with Crippen molar-refractivity contribution in [3.8, 4) is 0 Å². The molecule has 0 aliphatic rings. The van der Waals surface area contributed by atoms with Crippen molar-refractivity contribution in [1.82, 2.24) is 4.98 Å². The maximum atomic E-state index is 9.59. The Kier molecular flexibility index (Phi) is 2.86. The second-order valence-electron chi connectivity index (χ2n) is 3.23. The van der Waals surface area contributed by atoms with Gasteiger partial charge in [-0.25, -0.2) is 0 Å². The van der Waals surface area contributed by atoms with Crippen LogP contribution >= 0.6 is 11.6 Å². The van der Waals surface area contributed by atoms with Gasteiger partial charge in [0, 0.05) is 22.2 Å². The quantitative estimate of drug-likeness (QED) is 0.818. The Morgan fingerprint density at radius 3 is 2.87 bits per heavy atom. The smallest absolute Gasteiger partial charge is 0.104 e. The molecule has 0 saturated heterocycles. The summed E-state index contributed by atoms with van der Waals surface area (Å²) in [5.41, 5.74) is 1.23. The lowest BCUT2D eigenvalue weighted by Crippen LogP contribution is -2.03. The highest BCUT2D eigenvalue weighted by Gasteiger charge is 2.12. The van der Waals surface area contributed by atoms with Crippen LogP contribution in [0.3, 0.4) is 0 Å². The zero-order valence-corrected chi connectivity index (χ0v) is 8.65. The van der Waals surface area contributed by atoms with Gasteiger partial charge in [-0.3, -0.25) is 4.98 Å². The number of halogens is 1. The Morgan fingerprint density at radius 1 is 1.33 bits per heavy atom. The van der Waals surface area contributed by atoms with Crippen molar-refractivity contribution in [2.24, 2.45) is 0 Å². The minimum absolute atomic E-state index is 0.326. The average Bonchev–Trinajstić information content (AvgIpc) is 2.29. The van der Waals surface area contributed by atoms with E-state index in [4.69, 9.17) is 16.7 Å². The highest BCUT2D eigenvalue weighted by Crippen LogP contribution is 2.27. The summed E-state index contributed by atoms with van der Waals surface area (Å²) in [4.78, 5) is 4.16. The van der Waals surface area contributed by atoms with E-state index in [1.807, 2.05) is 6.07 Å². The molecule has 1 atom stereocenters.